The van der Waals surface area contributed by atoms with Crippen molar-refractivity contribution in [1.29, 1.82) is 0 Å². The zero-order chi connectivity index (χ0) is 14.2. The number of nitrogens with zero attached hydrogens (tertiary/aromatic N) is 2. The highest BCUT2D eigenvalue weighted by molar-refractivity contribution is 5.79. The number of carbonyl (C=O) groups is 1. The Balaban J connectivity index is 1.55. The van der Waals surface area contributed by atoms with Crippen LogP contribution in [0.2, 0.25) is 0 Å². The minimum atomic E-state index is -0.249. The average molecular weight is 277 g/mol. The molecular formula is C14H19N3O3. The molecule has 1 atom stereocenters. The number of carbonyl (C=O) groups excluding carboxylic acids is 1. The maximum absolute atomic E-state index is 11.8. The molecule has 0 saturated carbocycles. The zero-order valence-corrected chi connectivity index (χ0v) is 11.5. The van der Waals surface area contributed by atoms with Crippen LogP contribution in [0.3, 0.4) is 0 Å². The van der Waals surface area contributed by atoms with Gasteiger partial charge in [-0.05, 0) is 25.5 Å². The van der Waals surface area contributed by atoms with Gasteiger partial charge in [-0.3, -0.25) is 4.79 Å². The van der Waals surface area contributed by atoms with Crippen LogP contribution in [0.4, 0.5) is 0 Å². The number of rotatable bonds is 8. The molecule has 0 saturated heterocycles. The number of aromatic nitrogens is 2. The minimum Gasteiger partial charge on any atom is -0.467 e. The van der Waals surface area contributed by atoms with Crippen LogP contribution in [-0.4, -0.2) is 28.6 Å². The summed E-state index contributed by atoms with van der Waals surface area (Å²) >= 11 is 0. The molecule has 6 nitrogen and oxygen atoms in total. The molecule has 0 bridgehead atoms. The first-order chi connectivity index (χ1) is 9.77. The zero-order valence-electron chi connectivity index (χ0n) is 11.5. The van der Waals surface area contributed by atoms with Crippen molar-refractivity contribution in [2.24, 2.45) is 0 Å². The third kappa shape index (κ3) is 4.24. The Bertz CT molecular complexity index is 494. The van der Waals surface area contributed by atoms with Crippen molar-refractivity contribution >= 4 is 5.91 Å². The molecule has 0 aromatic carbocycles. The first-order valence-electron chi connectivity index (χ1n) is 6.62. The van der Waals surface area contributed by atoms with Gasteiger partial charge in [0.05, 0.1) is 12.6 Å². The lowest BCUT2D eigenvalue weighted by atomic mass is 10.3. The lowest BCUT2D eigenvalue weighted by molar-refractivity contribution is -0.123. The lowest BCUT2D eigenvalue weighted by Gasteiger charge is -2.13. The van der Waals surface area contributed by atoms with Crippen molar-refractivity contribution in [3.63, 3.8) is 0 Å². The molecule has 0 radical (unpaired) electrons. The first kappa shape index (κ1) is 14.3. The second-order valence-electron chi connectivity index (χ2n) is 4.46. The van der Waals surface area contributed by atoms with Crippen LogP contribution in [0.25, 0.3) is 0 Å². The van der Waals surface area contributed by atoms with Gasteiger partial charge in [0.25, 0.3) is 0 Å². The normalized spacial score (nSPS) is 12.2. The van der Waals surface area contributed by atoms with Crippen LogP contribution in [0.1, 0.15) is 25.1 Å². The number of nitrogens with one attached hydrogen (secondary N) is 1. The van der Waals surface area contributed by atoms with Crippen LogP contribution < -0.4 is 5.32 Å². The second kappa shape index (κ2) is 7.49. The summed E-state index contributed by atoms with van der Waals surface area (Å²) in [4.78, 5) is 15.8. The quantitative estimate of drug-likeness (QED) is 0.746. The molecular weight excluding hydrogens is 258 g/mol. The van der Waals surface area contributed by atoms with E-state index in [1.165, 1.54) is 0 Å². The van der Waals surface area contributed by atoms with E-state index >= 15 is 0 Å². The molecule has 0 aliphatic heterocycles. The summed E-state index contributed by atoms with van der Waals surface area (Å²) in [6.07, 6.45) is 7.46. The maximum Gasteiger partial charge on any atom is 0.242 e. The number of hydrogen-bond acceptors (Lipinski definition) is 4. The minimum absolute atomic E-state index is 0.0194. The van der Waals surface area contributed by atoms with Gasteiger partial charge >= 0.3 is 0 Å². The van der Waals surface area contributed by atoms with Crippen molar-refractivity contribution in [2.45, 2.75) is 26.0 Å². The highest BCUT2D eigenvalue weighted by atomic mass is 16.5. The van der Waals surface area contributed by atoms with Crippen LogP contribution in [0.15, 0.2) is 41.5 Å². The third-order valence-electron chi connectivity index (χ3n) is 2.94. The number of ether oxygens (including phenoxy) is 1. The van der Waals surface area contributed by atoms with Crippen LogP contribution in [0, 0.1) is 0 Å². The van der Waals surface area contributed by atoms with E-state index in [1.807, 2.05) is 19.1 Å². The van der Waals surface area contributed by atoms with E-state index in [1.54, 1.807) is 29.6 Å². The molecule has 20 heavy (non-hydrogen) atoms. The highest BCUT2D eigenvalue weighted by Gasteiger charge is 2.12. The van der Waals surface area contributed by atoms with E-state index in [4.69, 9.17) is 9.15 Å². The molecule has 1 amide bonds. The van der Waals surface area contributed by atoms with E-state index in [0.29, 0.717) is 19.8 Å². The fraction of sp³-hybridized carbons (Fsp3) is 0.429. The monoisotopic (exact) mass is 277 g/mol. The highest BCUT2D eigenvalue weighted by Crippen LogP contribution is 2.04. The van der Waals surface area contributed by atoms with Crippen molar-refractivity contribution in [1.82, 2.24) is 14.9 Å². The van der Waals surface area contributed by atoms with Gasteiger partial charge in [0.1, 0.15) is 18.4 Å². The average Bonchev–Trinajstić information content (AvgIpc) is 3.13. The molecule has 1 N–H and O–H groups in total. The largest absolute Gasteiger partial charge is 0.467 e. The first-order valence-corrected chi connectivity index (χ1v) is 6.62. The smallest absolute Gasteiger partial charge is 0.242 e. The fourth-order valence-electron chi connectivity index (χ4n) is 1.73. The van der Waals surface area contributed by atoms with Gasteiger partial charge < -0.3 is 19.0 Å². The third-order valence-corrected chi connectivity index (χ3v) is 2.94. The molecule has 6 heteroatoms. The second-order valence-corrected chi connectivity index (χ2v) is 4.46. The molecule has 0 aliphatic carbocycles. The Labute approximate surface area is 117 Å². The lowest BCUT2D eigenvalue weighted by Crippen LogP contribution is -2.31. The summed E-state index contributed by atoms with van der Waals surface area (Å²) in [5.41, 5.74) is 0. The Morgan fingerprint density at radius 3 is 3.20 bits per heavy atom. The van der Waals surface area contributed by atoms with Crippen LogP contribution >= 0.6 is 0 Å². The molecule has 108 valence electrons. The van der Waals surface area contributed by atoms with Crippen molar-refractivity contribution in [2.75, 3.05) is 13.2 Å². The summed E-state index contributed by atoms with van der Waals surface area (Å²) in [5, 5.41) is 2.87. The molecule has 0 aliphatic rings. The van der Waals surface area contributed by atoms with E-state index in [0.717, 1.165) is 12.2 Å². The van der Waals surface area contributed by atoms with Gasteiger partial charge in [0.2, 0.25) is 5.91 Å². The summed E-state index contributed by atoms with van der Waals surface area (Å²) < 4.78 is 12.3. The standard InChI is InChI=1S/C14H19N3O3/c1-12(17-7-6-15-11-17)14(18)16-5-3-8-19-10-13-4-2-9-20-13/h2,4,6-7,9,11-12H,3,5,8,10H2,1H3,(H,16,18)/t12-/m0/s1. The van der Waals surface area contributed by atoms with Gasteiger partial charge in [-0.1, -0.05) is 0 Å². The fourth-order valence-corrected chi connectivity index (χ4v) is 1.73. The van der Waals surface area contributed by atoms with Gasteiger partial charge in [-0.25, -0.2) is 4.98 Å². The van der Waals surface area contributed by atoms with Gasteiger partial charge in [0, 0.05) is 25.5 Å². The van der Waals surface area contributed by atoms with Crippen LogP contribution in [-0.2, 0) is 16.1 Å². The van der Waals surface area contributed by atoms with Crippen molar-refractivity contribution < 1.29 is 13.9 Å². The van der Waals surface area contributed by atoms with E-state index in [2.05, 4.69) is 10.3 Å². The van der Waals surface area contributed by atoms with Crippen molar-refractivity contribution in [3.05, 3.63) is 42.9 Å². The summed E-state index contributed by atoms with van der Waals surface area (Å²) in [5.74, 6) is 0.789. The Kier molecular flexibility index (Phi) is 5.37. The SMILES string of the molecule is C[C@@H](C(=O)NCCCOCc1ccco1)n1ccnc1. The summed E-state index contributed by atoms with van der Waals surface area (Å²) in [6, 6.07) is 3.45. The Hall–Kier alpha value is -2.08. The summed E-state index contributed by atoms with van der Waals surface area (Å²) in [6.45, 7) is 3.48. The number of imidazole rings is 1. The topological polar surface area (TPSA) is 69.3 Å². The molecule has 0 unspecified atom stereocenters. The summed E-state index contributed by atoms with van der Waals surface area (Å²) in [7, 11) is 0. The van der Waals surface area contributed by atoms with Crippen LogP contribution in [0.5, 0.6) is 0 Å². The van der Waals surface area contributed by atoms with Gasteiger partial charge in [-0.15, -0.1) is 0 Å². The molecule has 2 aromatic rings. The molecule has 2 rings (SSSR count). The van der Waals surface area contributed by atoms with E-state index < -0.39 is 0 Å². The Morgan fingerprint density at radius 1 is 1.60 bits per heavy atom. The van der Waals surface area contributed by atoms with Gasteiger partial charge in [0.15, 0.2) is 0 Å². The molecule has 0 fully saturated rings. The van der Waals surface area contributed by atoms with Gasteiger partial charge in [-0.2, -0.15) is 0 Å². The molecule has 0 spiro atoms. The van der Waals surface area contributed by atoms with E-state index in [-0.39, 0.29) is 11.9 Å². The molecule has 2 heterocycles. The van der Waals surface area contributed by atoms with E-state index in [9.17, 15) is 4.79 Å². The predicted octanol–water partition coefficient (Wildman–Crippen LogP) is 1.76. The molecule has 2 aromatic heterocycles. The van der Waals surface area contributed by atoms with Crippen molar-refractivity contribution in [3.8, 4) is 0 Å². The number of furan rings is 1. The Morgan fingerprint density at radius 2 is 2.50 bits per heavy atom. The number of amides is 1. The maximum atomic E-state index is 11.8. The predicted molar refractivity (Wildman–Crippen MR) is 72.9 cm³/mol. The number of hydrogen-bond donors (Lipinski definition) is 1.